The molecular weight excluding hydrogens is 332 g/mol. The molecule has 0 saturated heterocycles. The van der Waals surface area contributed by atoms with Crippen LogP contribution in [0.15, 0.2) is 15.7 Å². The predicted molar refractivity (Wildman–Crippen MR) is 80.7 cm³/mol. The van der Waals surface area contributed by atoms with E-state index in [0.29, 0.717) is 0 Å². The number of nitrogens with one attached hydrogen (secondary N) is 2. The Morgan fingerprint density at radius 1 is 1.32 bits per heavy atom. The zero-order chi connectivity index (χ0) is 17.0. The Labute approximate surface area is 132 Å². The van der Waals surface area contributed by atoms with Gasteiger partial charge in [-0.2, -0.15) is 0 Å². The summed E-state index contributed by atoms with van der Waals surface area (Å²) in [4.78, 5) is 22.1. The van der Waals surface area contributed by atoms with Gasteiger partial charge in [0.05, 0.1) is 5.56 Å². The number of carbonyl (C=O) groups excluding carboxylic acids is 1. The van der Waals surface area contributed by atoms with E-state index in [1.165, 1.54) is 5.38 Å². The maximum Gasteiger partial charge on any atom is 0.407 e. The maximum absolute atomic E-state index is 11.9. The molecular formula is C12H18N2O6S2. The van der Waals surface area contributed by atoms with Crippen molar-refractivity contribution in [2.45, 2.75) is 30.6 Å². The Morgan fingerprint density at radius 2 is 1.95 bits per heavy atom. The summed E-state index contributed by atoms with van der Waals surface area (Å²) in [5, 5.41) is 12.4. The molecule has 1 aromatic heterocycles. The molecule has 0 radical (unpaired) electrons. The Balaban J connectivity index is 2.46. The highest BCUT2D eigenvalue weighted by atomic mass is 32.2. The van der Waals surface area contributed by atoms with E-state index in [9.17, 15) is 18.0 Å². The number of carboxylic acids is 1. The van der Waals surface area contributed by atoms with Gasteiger partial charge < -0.3 is 15.2 Å². The van der Waals surface area contributed by atoms with Crippen molar-refractivity contribution in [1.29, 1.82) is 0 Å². The first-order valence-corrected chi connectivity index (χ1v) is 8.66. The van der Waals surface area contributed by atoms with Crippen molar-refractivity contribution in [3.05, 3.63) is 17.0 Å². The maximum atomic E-state index is 11.9. The van der Waals surface area contributed by atoms with Crippen molar-refractivity contribution in [3.63, 3.8) is 0 Å². The van der Waals surface area contributed by atoms with Gasteiger partial charge >= 0.3 is 12.1 Å². The van der Waals surface area contributed by atoms with Crippen LogP contribution in [0, 0.1) is 0 Å². The van der Waals surface area contributed by atoms with E-state index < -0.39 is 27.7 Å². The minimum atomic E-state index is -3.79. The lowest BCUT2D eigenvalue weighted by molar-refractivity contribution is 0.0528. The van der Waals surface area contributed by atoms with E-state index in [2.05, 4.69) is 10.0 Å². The minimum absolute atomic E-state index is 0.0398. The molecule has 1 aromatic rings. The summed E-state index contributed by atoms with van der Waals surface area (Å²) < 4.78 is 31.0. The Hall–Kier alpha value is -1.65. The smallest absolute Gasteiger partial charge is 0.407 e. The standard InChI is InChI=1S/C12H18N2O6S2/c1-12(2,3)20-11(17)13-4-5-14-22(18,19)9-6-8(7-21-9)10(15)16/h6-7,14H,4-5H2,1-3H3,(H,13,17)(H,15,16). The number of thiophene rings is 1. The summed E-state index contributed by atoms with van der Waals surface area (Å²) in [6.45, 7) is 5.15. The highest BCUT2D eigenvalue weighted by Crippen LogP contribution is 2.19. The fourth-order valence-corrected chi connectivity index (χ4v) is 3.53. The first kappa shape index (κ1) is 18.4. The molecule has 0 fully saturated rings. The third-order valence-electron chi connectivity index (χ3n) is 2.17. The zero-order valence-electron chi connectivity index (χ0n) is 12.4. The third-order valence-corrected chi connectivity index (χ3v) is 5.07. The van der Waals surface area contributed by atoms with Crippen molar-refractivity contribution in [1.82, 2.24) is 10.0 Å². The number of hydrogen-bond acceptors (Lipinski definition) is 6. The van der Waals surface area contributed by atoms with E-state index in [-0.39, 0.29) is 22.9 Å². The van der Waals surface area contributed by atoms with Gasteiger partial charge in [-0.3, -0.25) is 0 Å². The second kappa shape index (κ2) is 7.07. The highest BCUT2D eigenvalue weighted by Gasteiger charge is 2.19. The first-order valence-electron chi connectivity index (χ1n) is 6.29. The molecule has 0 atom stereocenters. The molecule has 0 aliphatic carbocycles. The average Bonchev–Trinajstić information content (AvgIpc) is 2.83. The van der Waals surface area contributed by atoms with E-state index in [4.69, 9.17) is 9.84 Å². The molecule has 0 aromatic carbocycles. The third kappa shape index (κ3) is 6.00. The Morgan fingerprint density at radius 3 is 2.45 bits per heavy atom. The van der Waals surface area contributed by atoms with Crippen molar-refractivity contribution in [2.24, 2.45) is 0 Å². The van der Waals surface area contributed by atoms with Crippen LogP contribution in [0.3, 0.4) is 0 Å². The lowest BCUT2D eigenvalue weighted by Crippen LogP contribution is -2.37. The van der Waals surface area contributed by atoms with Crippen LogP contribution in [0.5, 0.6) is 0 Å². The van der Waals surface area contributed by atoms with Crippen molar-refractivity contribution in [3.8, 4) is 0 Å². The molecule has 0 saturated carbocycles. The summed E-state index contributed by atoms with van der Waals surface area (Å²) in [6.07, 6.45) is -0.643. The lowest BCUT2D eigenvalue weighted by Gasteiger charge is -2.19. The van der Waals surface area contributed by atoms with Gasteiger partial charge in [-0.25, -0.2) is 22.7 Å². The second-order valence-electron chi connectivity index (χ2n) is 5.29. The number of aromatic carboxylic acids is 1. The summed E-state index contributed by atoms with van der Waals surface area (Å²) >= 11 is 0.814. The van der Waals surface area contributed by atoms with Gasteiger partial charge in [0.15, 0.2) is 0 Å². The molecule has 3 N–H and O–H groups in total. The molecule has 10 heteroatoms. The number of alkyl carbamates (subject to hydrolysis) is 1. The van der Waals surface area contributed by atoms with Gasteiger partial charge in [-0.1, -0.05) is 0 Å². The fourth-order valence-electron chi connectivity index (χ4n) is 1.30. The molecule has 22 heavy (non-hydrogen) atoms. The number of amides is 1. The molecule has 0 aliphatic heterocycles. The summed E-state index contributed by atoms with van der Waals surface area (Å²) in [6, 6.07) is 1.08. The van der Waals surface area contributed by atoms with Crippen molar-refractivity contribution < 1.29 is 27.9 Å². The normalized spacial score (nSPS) is 12.0. The van der Waals surface area contributed by atoms with Gasteiger partial charge in [0.2, 0.25) is 10.0 Å². The summed E-state index contributed by atoms with van der Waals surface area (Å²) in [5.41, 5.74) is -0.717. The van der Waals surface area contributed by atoms with Crippen LogP contribution < -0.4 is 10.0 Å². The molecule has 1 amide bonds. The van der Waals surface area contributed by atoms with Gasteiger partial charge in [-0.05, 0) is 26.8 Å². The fraction of sp³-hybridized carbons (Fsp3) is 0.500. The number of carbonyl (C=O) groups is 2. The van der Waals surface area contributed by atoms with E-state index >= 15 is 0 Å². The quantitative estimate of drug-likeness (QED) is 0.664. The molecule has 0 unspecified atom stereocenters. The number of rotatable bonds is 6. The van der Waals surface area contributed by atoms with Crippen molar-refractivity contribution in [2.75, 3.05) is 13.1 Å². The van der Waals surface area contributed by atoms with Crippen LogP contribution in [0.2, 0.25) is 0 Å². The summed E-state index contributed by atoms with van der Waals surface area (Å²) in [5.74, 6) is -1.19. The summed E-state index contributed by atoms with van der Waals surface area (Å²) in [7, 11) is -3.79. The number of carboxylic acid groups (broad SMARTS) is 1. The number of sulfonamides is 1. The van der Waals surface area contributed by atoms with Gasteiger partial charge in [0.1, 0.15) is 9.81 Å². The minimum Gasteiger partial charge on any atom is -0.478 e. The predicted octanol–water partition coefficient (Wildman–Crippen LogP) is 1.25. The largest absolute Gasteiger partial charge is 0.478 e. The molecule has 8 nitrogen and oxygen atoms in total. The number of ether oxygens (including phenoxy) is 1. The molecule has 0 spiro atoms. The van der Waals surface area contributed by atoms with Crippen LogP contribution in [0.4, 0.5) is 4.79 Å². The van der Waals surface area contributed by atoms with Gasteiger partial charge in [-0.15, -0.1) is 11.3 Å². The van der Waals surface area contributed by atoms with Crippen LogP contribution in [-0.4, -0.2) is 44.3 Å². The van der Waals surface area contributed by atoms with Crippen molar-refractivity contribution >= 4 is 33.4 Å². The van der Waals surface area contributed by atoms with Crippen LogP contribution in [-0.2, 0) is 14.8 Å². The second-order valence-corrected chi connectivity index (χ2v) is 8.19. The van der Waals surface area contributed by atoms with E-state index in [1.54, 1.807) is 20.8 Å². The topological polar surface area (TPSA) is 122 Å². The van der Waals surface area contributed by atoms with Crippen LogP contribution in [0.25, 0.3) is 0 Å². The average molecular weight is 350 g/mol. The number of hydrogen-bond donors (Lipinski definition) is 3. The highest BCUT2D eigenvalue weighted by molar-refractivity contribution is 7.91. The monoisotopic (exact) mass is 350 g/mol. The van der Waals surface area contributed by atoms with Crippen LogP contribution >= 0.6 is 11.3 Å². The van der Waals surface area contributed by atoms with E-state index in [0.717, 1.165) is 17.4 Å². The molecule has 0 aliphatic rings. The molecule has 1 heterocycles. The molecule has 1 rings (SSSR count). The Bertz CT molecular complexity index is 645. The SMILES string of the molecule is CC(C)(C)OC(=O)NCCNS(=O)(=O)c1cc(C(=O)O)cs1. The van der Waals surface area contributed by atoms with Gasteiger partial charge in [0.25, 0.3) is 0 Å². The lowest BCUT2D eigenvalue weighted by atomic mass is 10.2. The molecule has 124 valence electrons. The van der Waals surface area contributed by atoms with Gasteiger partial charge in [0, 0.05) is 18.5 Å². The molecule has 0 bridgehead atoms. The van der Waals surface area contributed by atoms with Crippen LogP contribution in [0.1, 0.15) is 31.1 Å². The first-order chi connectivity index (χ1) is 10.0. The Kier molecular flexibility index (Phi) is 5.92. The zero-order valence-corrected chi connectivity index (χ0v) is 14.0. The van der Waals surface area contributed by atoms with E-state index in [1.807, 2.05) is 0 Å².